The molecule has 0 aliphatic heterocycles. The number of rotatable bonds is 5. The largest absolute Gasteiger partial charge is 0.507 e. The number of aromatic hydroxyl groups is 1. The van der Waals surface area contributed by atoms with Gasteiger partial charge in [0.05, 0.1) is 19.3 Å². The number of halogens is 1. The van der Waals surface area contributed by atoms with Crippen LogP contribution < -0.4 is 0 Å². The van der Waals surface area contributed by atoms with Crippen LogP contribution in [0.2, 0.25) is 0 Å². The molecular weight excluding hydrogens is 363 g/mol. The number of carbonyl (C=O) groups is 2. The predicted molar refractivity (Wildman–Crippen MR) is 102 cm³/mol. The van der Waals surface area contributed by atoms with E-state index in [-0.39, 0.29) is 35.0 Å². The number of hydrogen-bond acceptors (Lipinski definition) is 5. The number of phenols is 1. The zero-order valence-corrected chi connectivity index (χ0v) is 16.0. The van der Waals surface area contributed by atoms with Crippen molar-refractivity contribution in [3.8, 4) is 16.9 Å². The molecule has 1 aliphatic rings. The van der Waals surface area contributed by atoms with Crippen LogP contribution in [0, 0.1) is 5.82 Å². The van der Waals surface area contributed by atoms with Gasteiger partial charge >= 0.3 is 11.9 Å². The molecule has 1 fully saturated rings. The maximum Gasteiger partial charge on any atom is 0.342 e. The number of benzene rings is 2. The number of esters is 2. The number of carbonyl (C=O) groups excluding carboxylic acids is 2. The monoisotopic (exact) mass is 386 g/mol. The summed E-state index contributed by atoms with van der Waals surface area (Å²) in [5.74, 6) is -1.98. The Kier molecular flexibility index (Phi) is 5.97. The first-order chi connectivity index (χ1) is 13.5. The average Bonchev–Trinajstić information content (AvgIpc) is 3.22. The maximum absolute atomic E-state index is 13.5. The van der Waals surface area contributed by atoms with E-state index < -0.39 is 17.8 Å². The summed E-state index contributed by atoms with van der Waals surface area (Å²) < 4.78 is 23.6. The fraction of sp³-hybridized carbons (Fsp3) is 0.364. The Hall–Kier alpha value is -2.89. The van der Waals surface area contributed by atoms with Crippen LogP contribution in [0.3, 0.4) is 0 Å². The minimum absolute atomic E-state index is 0.0791. The fourth-order valence-corrected chi connectivity index (χ4v) is 3.88. The quantitative estimate of drug-likeness (QED) is 0.746. The molecule has 0 amide bonds. The van der Waals surface area contributed by atoms with Gasteiger partial charge in [0, 0.05) is 5.56 Å². The Labute approximate surface area is 163 Å². The zero-order chi connectivity index (χ0) is 20.3. The molecule has 0 atom stereocenters. The van der Waals surface area contributed by atoms with Gasteiger partial charge in [0.1, 0.15) is 17.1 Å². The van der Waals surface area contributed by atoms with Gasteiger partial charge in [-0.2, -0.15) is 0 Å². The van der Waals surface area contributed by atoms with Crippen molar-refractivity contribution in [3.05, 3.63) is 52.8 Å². The normalized spacial score (nSPS) is 14.1. The van der Waals surface area contributed by atoms with Crippen molar-refractivity contribution in [2.24, 2.45) is 0 Å². The molecule has 0 spiro atoms. The summed E-state index contributed by atoms with van der Waals surface area (Å²) in [4.78, 5) is 25.4. The summed E-state index contributed by atoms with van der Waals surface area (Å²) in [6, 6.07) is 6.89. The van der Waals surface area contributed by atoms with Gasteiger partial charge in [-0.1, -0.05) is 25.0 Å². The third-order valence-electron chi connectivity index (χ3n) is 5.13. The molecule has 2 aromatic carbocycles. The van der Waals surface area contributed by atoms with Gasteiger partial charge in [-0.05, 0) is 55.0 Å². The second-order valence-corrected chi connectivity index (χ2v) is 6.81. The lowest BCUT2D eigenvalue weighted by atomic mass is 9.84. The molecule has 28 heavy (non-hydrogen) atoms. The van der Waals surface area contributed by atoms with Crippen LogP contribution in [0.1, 0.15) is 64.8 Å². The van der Waals surface area contributed by atoms with Gasteiger partial charge in [0.2, 0.25) is 0 Å². The maximum atomic E-state index is 13.5. The van der Waals surface area contributed by atoms with Gasteiger partial charge in [-0.3, -0.25) is 0 Å². The van der Waals surface area contributed by atoms with E-state index in [9.17, 15) is 19.1 Å². The molecule has 1 N–H and O–H groups in total. The summed E-state index contributed by atoms with van der Waals surface area (Å²) in [5.41, 5.74) is 1.40. The fourth-order valence-electron chi connectivity index (χ4n) is 3.88. The van der Waals surface area contributed by atoms with Gasteiger partial charge in [-0.15, -0.1) is 0 Å². The first-order valence-corrected chi connectivity index (χ1v) is 9.39. The Bertz CT molecular complexity index is 883. The lowest BCUT2D eigenvalue weighted by Gasteiger charge is -2.21. The molecule has 1 saturated carbocycles. The molecule has 0 aromatic heterocycles. The minimum atomic E-state index is -0.748. The van der Waals surface area contributed by atoms with Crippen LogP contribution in [0.15, 0.2) is 30.3 Å². The third kappa shape index (κ3) is 3.72. The molecule has 0 unspecified atom stereocenters. The van der Waals surface area contributed by atoms with Crippen LogP contribution in [-0.4, -0.2) is 30.8 Å². The van der Waals surface area contributed by atoms with E-state index >= 15 is 0 Å². The van der Waals surface area contributed by atoms with Crippen molar-refractivity contribution in [1.29, 1.82) is 0 Å². The zero-order valence-electron chi connectivity index (χ0n) is 16.0. The molecule has 0 heterocycles. The van der Waals surface area contributed by atoms with E-state index in [2.05, 4.69) is 0 Å². The highest BCUT2D eigenvalue weighted by atomic mass is 19.1. The first-order valence-electron chi connectivity index (χ1n) is 9.39. The van der Waals surface area contributed by atoms with E-state index in [1.54, 1.807) is 6.92 Å². The van der Waals surface area contributed by atoms with Gasteiger partial charge in [0.15, 0.2) is 0 Å². The number of methoxy groups -OCH3 is 1. The van der Waals surface area contributed by atoms with Crippen LogP contribution >= 0.6 is 0 Å². The van der Waals surface area contributed by atoms with Crippen molar-refractivity contribution in [1.82, 2.24) is 0 Å². The SMILES string of the molecule is CCOC(=O)c1c(O)cc(C2CCCC2)c(C(=O)OC)c1-c1ccc(F)cc1. The molecule has 0 bridgehead atoms. The molecule has 5 nitrogen and oxygen atoms in total. The van der Waals surface area contributed by atoms with Crippen molar-refractivity contribution in [3.63, 3.8) is 0 Å². The second kappa shape index (κ2) is 8.42. The van der Waals surface area contributed by atoms with Crippen molar-refractivity contribution >= 4 is 11.9 Å². The Morgan fingerprint density at radius 3 is 2.32 bits per heavy atom. The smallest absolute Gasteiger partial charge is 0.342 e. The topological polar surface area (TPSA) is 72.8 Å². The molecule has 3 rings (SSSR count). The minimum Gasteiger partial charge on any atom is -0.507 e. The Morgan fingerprint density at radius 1 is 1.11 bits per heavy atom. The first kappa shape index (κ1) is 19.9. The molecule has 0 radical (unpaired) electrons. The summed E-state index contributed by atoms with van der Waals surface area (Å²) in [6.07, 6.45) is 3.81. The second-order valence-electron chi connectivity index (χ2n) is 6.81. The summed E-state index contributed by atoms with van der Waals surface area (Å²) in [6.45, 7) is 1.76. The summed E-state index contributed by atoms with van der Waals surface area (Å²) >= 11 is 0. The van der Waals surface area contributed by atoms with Crippen LogP contribution in [0.25, 0.3) is 11.1 Å². The highest BCUT2D eigenvalue weighted by Crippen LogP contribution is 2.44. The van der Waals surface area contributed by atoms with E-state index in [4.69, 9.17) is 9.47 Å². The van der Waals surface area contributed by atoms with Crippen molar-refractivity contribution in [2.45, 2.75) is 38.5 Å². The van der Waals surface area contributed by atoms with Crippen LogP contribution in [-0.2, 0) is 9.47 Å². The van der Waals surface area contributed by atoms with Gasteiger partial charge < -0.3 is 14.6 Å². The lowest BCUT2D eigenvalue weighted by molar-refractivity contribution is 0.0524. The van der Waals surface area contributed by atoms with E-state index in [0.29, 0.717) is 11.1 Å². The van der Waals surface area contributed by atoms with E-state index in [1.165, 1.54) is 37.4 Å². The predicted octanol–water partition coefficient (Wildman–Crippen LogP) is 4.82. The molecule has 2 aromatic rings. The molecule has 6 heteroatoms. The van der Waals surface area contributed by atoms with Crippen LogP contribution in [0.5, 0.6) is 5.75 Å². The standard InChI is InChI=1S/C22H23FO5/c1-3-28-22(26)20-17(24)12-16(13-6-4-5-7-13)19(21(25)27-2)18(20)14-8-10-15(23)11-9-14/h8-13,24H,3-7H2,1-2H3. The highest BCUT2D eigenvalue weighted by Gasteiger charge is 2.32. The van der Waals surface area contributed by atoms with Gasteiger partial charge in [0.25, 0.3) is 0 Å². The Morgan fingerprint density at radius 2 is 1.75 bits per heavy atom. The van der Waals surface area contributed by atoms with E-state index in [1.807, 2.05) is 0 Å². The van der Waals surface area contributed by atoms with Crippen LogP contribution in [0.4, 0.5) is 4.39 Å². The van der Waals surface area contributed by atoms with Crippen molar-refractivity contribution < 1.29 is 28.6 Å². The molecular formula is C22H23FO5. The average molecular weight is 386 g/mol. The summed E-state index contributed by atoms with van der Waals surface area (Å²) in [7, 11) is 1.27. The van der Waals surface area contributed by atoms with E-state index in [0.717, 1.165) is 25.7 Å². The molecule has 148 valence electrons. The lowest BCUT2D eigenvalue weighted by Crippen LogP contribution is -2.15. The molecule has 0 saturated heterocycles. The summed E-state index contributed by atoms with van der Waals surface area (Å²) in [5, 5.41) is 10.7. The molecule has 1 aliphatic carbocycles. The third-order valence-corrected chi connectivity index (χ3v) is 5.13. The number of hydrogen-bond donors (Lipinski definition) is 1. The number of phenolic OH excluding ortho intramolecular Hbond substituents is 1. The van der Waals surface area contributed by atoms with Gasteiger partial charge in [-0.25, -0.2) is 14.0 Å². The van der Waals surface area contributed by atoms with Crippen molar-refractivity contribution in [2.75, 3.05) is 13.7 Å². The Balaban J connectivity index is 2.35. The highest BCUT2D eigenvalue weighted by molar-refractivity contribution is 6.08. The number of ether oxygens (including phenoxy) is 2.